The molecule has 2 N–H and O–H groups in total. The molecule has 0 aliphatic carbocycles. The minimum atomic E-state index is 0.0621. The molecule has 0 saturated carbocycles. The highest BCUT2D eigenvalue weighted by atomic mass is 32.2. The Hall–Kier alpha value is -2.39. The van der Waals surface area contributed by atoms with Crippen LogP contribution in [0.4, 0.5) is 0 Å². The second-order valence-electron chi connectivity index (χ2n) is 5.39. The number of aromatic hydroxyl groups is 2. The molecule has 3 aromatic carbocycles. The normalized spacial score (nSPS) is 10.9. The number of hydrogen-bond donors (Lipinski definition) is 2. The summed E-state index contributed by atoms with van der Waals surface area (Å²) in [5, 5.41) is 19.1. The summed E-state index contributed by atoms with van der Waals surface area (Å²) < 4.78 is 0. The molecule has 0 fully saturated rings. The van der Waals surface area contributed by atoms with Gasteiger partial charge in [-0.15, -0.1) is 11.8 Å². The number of rotatable bonds is 4. The fourth-order valence-corrected chi connectivity index (χ4v) is 3.12. The van der Waals surface area contributed by atoms with Crippen LogP contribution >= 0.6 is 11.8 Å². The summed E-state index contributed by atoms with van der Waals surface area (Å²) >= 11 is 1.72. The van der Waals surface area contributed by atoms with Crippen LogP contribution in [-0.4, -0.2) is 16.5 Å². The standard InChI is InChI=1S/C20H18O2S/c1-23-19-12-6-16(7-13-19)20(14-2-8-17(21)9-3-14)15-4-10-18(22)11-5-15/h2-13,20-22H,1H3. The summed E-state index contributed by atoms with van der Waals surface area (Å²) in [6.07, 6.45) is 2.06. The Morgan fingerprint density at radius 1 is 0.609 bits per heavy atom. The first kappa shape index (κ1) is 15.5. The van der Waals surface area contributed by atoms with Crippen LogP contribution in [-0.2, 0) is 0 Å². The van der Waals surface area contributed by atoms with Crippen molar-refractivity contribution < 1.29 is 10.2 Å². The second-order valence-corrected chi connectivity index (χ2v) is 6.27. The molecule has 3 rings (SSSR count). The van der Waals surface area contributed by atoms with E-state index >= 15 is 0 Å². The maximum Gasteiger partial charge on any atom is 0.115 e. The third kappa shape index (κ3) is 3.51. The van der Waals surface area contributed by atoms with E-state index in [4.69, 9.17) is 0 Å². The maximum absolute atomic E-state index is 9.55. The largest absolute Gasteiger partial charge is 0.508 e. The van der Waals surface area contributed by atoms with Gasteiger partial charge in [-0.3, -0.25) is 0 Å². The number of phenols is 2. The highest BCUT2D eigenvalue weighted by Crippen LogP contribution is 2.34. The lowest BCUT2D eigenvalue weighted by molar-refractivity contribution is 0.475. The zero-order valence-electron chi connectivity index (χ0n) is 12.8. The number of hydrogen-bond acceptors (Lipinski definition) is 3. The highest BCUT2D eigenvalue weighted by molar-refractivity contribution is 7.98. The third-order valence-electron chi connectivity index (χ3n) is 3.90. The highest BCUT2D eigenvalue weighted by Gasteiger charge is 2.17. The van der Waals surface area contributed by atoms with E-state index in [-0.39, 0.29) is 17.4 Å². The van der Waals surface area contributed by atoms with Gasteiger partial charge < -0.3 is 10.2 Å². The molecular formula is C20H18O2S. The predicted molar refractivity (Wildman–Crippen MR) is 95.4 cm³/mol. The fourth-order valence-electron chi connectivity index (χ4n) is 2.71. The summed E-state index contributed by atoms with van der Waals surface area (Å²) in [6, 6.07) is 23.1. The van der Waals surface area contributed by atoms with Gasteiger partial charge in [0, 0.05) is 10.8 Å². The number of thioether (sulfide) groups is 1. The van der Waals surface area contributed by atoms with Crippen LogP contribution < -0.4 is 0 Å². The number of phenolic OH excluding ortho intramolecular Hbond substituents is 2. The molecule has 0 saturated heterocycles. The first-order valence-corrected chi connectivity index (χ1v) is 8.61. The lowest BCUT2D eigenvalue weighted by atomic mass is 9.85. The van der Waals surface area contributed by atoms with E-state index in [2.05, 4.69) is 30.5 Å². The van der Waals surface area contributed by atoms with E-state index < -0.39 is 0 Å². The maximum atomic E-state index is 9.55. The first-order chi connectivity index (χ1) is 11.2. The van der Waals surface area contributed by atoms with Crippen LogP contribution in [0.2, 0.25) is 0 Å². The predicted octanol–water partition coefficient (Wildman–Crippen LogP) is 5.00. The van der Waals surface area contributed by atoms with Gasteiger partial charge in [0.1, 0.15) is 11.5 Å². The summed E-state index contributed by atoms with van der Waals surface area (Å²) in [6.45, 7) is 0. The van der Waals surface area contributed by atoms with Crippen LogP contribution in [0, 0.1) is 0 Å². The molecular weight excluding hydrogens is 304 g/mol. The van der Waals surface area contributed by atoms with E-state index in [1.807, 2.05) is 24.3 Å². The third-order valence-corrected chi connectivity index (χ3v) is 4.65. The lowest BCUT2D eigenvalue weighted by Crippen LogP contribution is -2.03. The topological polar surface area (TPSA) is 40.5 Å². The Labute approximate surface area is 140 Å². The van der Waals surface area contributed by atoms with E-state index in [0.29, 0.717) is 0 Å². The summed E-state index contributed by atoms with van der Waals surface area (Å²) in [4.78, 5) is 1.23. The Bertz CT molecular complexity index is 717. The molecule has 0 aliphatic heterocycles. The molecule has 3 aromatic rings. The van der Waals surface area contributed by atoms with Gasteiger partial charge in [0.25, 0.3) is 0 Å². The zero-order valence-corrected chi connectivity index (χ0v) is 13.6. The van der Waals surface area contributed by atoms with Crippen LogP contribution in [0.15, 0.2) is 77.7 Å². The Morgan fingerprint density at radius 3 is 1.30 bits per heavy atom. The van der Waals surface area contributed by atoms with Gasteiger partial charge in [-0.05, 0) is 59.3 Å². The van der Waals surface area contributed by atoms with E-state index in [1.165, 1.54) is 10.5 Å². The van der Waals surface area contributed by atoms with Gasteiger partial charge >= 0.3 is 0 Å². The van der Waals surface area contributed by atoms with Gasteiger partial charge in [0.15, 0.2) is 0 Å². The van der Waals surface area contributed by atoms with Gasteiger partial charge in [-0.2, -0.15) is 0 Å². The van der Waals surface area contributed by atoms with Crippen molar-refractivity contribution >= 4 is 11.8 Å². The molecule has 0 aromatic heterocycles. The monoisotopic (exact) mass is 322 g/mol. The molecule has 0 spiro atoms. The van der Waals surface area contributed by atoms with E-state index in [9.17, 15) is 10.2 Å². The van der Waals surface area contributed by atoms with Crippen LogP contribution in [0.1, 0.15) is 22.6 Å². The lowest BCUT2D eigenvalue weighted by Gasteiger charge is -2.19. The molecule has 0 atom stereocenters. The van der Waals surface area contributed by atoms with Crippen molar-refractivity contribution in [3.8, 4) is 11.5 Å². The Balaban J connectivity index is 2.08. The molecule has 0 unspecified atom stereocenters. The second kappa shape index (κ2) is 6.80. The molecule has 2 nitrogen and oxygen atoms in total. The number of benzene rings is 3. The summed E-state index contributed by atoms with van der Waals surface area (Å²) in [5.74, 6) is 0.582. The van der Waals surface area contributed by atoms with Crippen molar-refractivity contribution in [2.75, 3.05) is 6.26 Å². The van der Waals surface area contributed by atoms with Gasteiger partial charge in [-0.25, -0.2) is 0 Å². The molecule has 116 valence electrons. The quantitative estimate of drug-likeness (QED) is 0.524. The minimum Gasteiger partial charge on any atom is -0.508 e. The van der Waals surface area contributed by atoms with Crippen molar-refractivity contribution in [3.63, 3.8) is 0 Å². The van der Waals surface area contributed by atoms with Crippen LogP contribution in [0.5, 0.6) is 11.5 Å². The molecule has 0 radical (unpaired) electrons. The van der Waals surface area contributed by atoms with Crippen molar-refractivity contribution in [3.05, 3.63) is 89.5 Å². The van der Waals surface area contributed by atoms with Crippen LogP contribution in [0.3, 0.4) is 0 Å². The molecule has 3 heteroatoms. The van der Waals surface area contributed by atoms with Gasteiger partial charge in [0.05, 0.1) is 0 Å². The van der Waals surface area contributed by atoms with Crippen LogP contribution in [0.25, 0.3) is 0 Å². The summed E-state index contributed by atoms with van der Waals surface area (Å²) in [7, 11) is 0. The van der Waals surface area contributed by atoms with Gasteiger partial charge in [-0.1, -0.05) is 36.4 Å². The zero-order chi connectivity index (χ0) is 16.2. The molecule has 0 aliphatic rings. The van der Waals surface area contributed by atoms with E-state index in [1.54, 1.807) is 36.0 Å². The van der Waals surface area contributed by atoms with E-state index in [0.717, 1.165) is 11.1 Å². The first-order valence-electron chi connectivity index (χ1n) is 7.39. The minimum absolute atomic E-state index is 0.0621. The average Bonchev–Trinajstić information content (AvgIpc) is 2.59. The molecule has 0 amide bonds. The fraction of sp³-hybridized carbons (Fsp3) is 0.100. The summed E-state index contributed by atoms with van der Waals surface area (Å²) in [5.41, 5.74) is 3.38. The molecule has 0 bridgehead atoms. The van der Waals surface area contributed by atoms with Crippen molar-refractivity contribution in [2.24, 2.45) is 0 Å². The van der Waals surface area contributed by atoms with Crippen molar-refractivity contribution in [2.45, 2.75) is 10.8 Å². The Kier molecular flexibility index (Phi) is 4.58. The SMILES string of the molecule is CSc1ccc(C(c2ccc(O)cc2)c2ccc(O)cc2)cc1. The van der Waals surface area contributed by atoms with Gasteiger partial charge in [0.2, 0.25) is 0 Å². The molecule has 23 heavy (non-hydrogen) atoms. The average molecular weight is 322 g/mol. The van der Waals surface area contributed by atoms with Crippen molar-refractivity contribution in [1.82, 2.24) is 0 Å². The molecule has 0 heterocycles. The Morgan fingerprint density at radius 2 is 0.957 bits per heavy atom. The van der Waals surface area contributed by atoms with Crippen molar-refractivity contribution in [1.29, 1.82) is 0 Å². The smallest absolute Gasteiger partial charge is 0.115 e.